The lowest BCUT2D eigenvalue weighted by Gasteiger charge is -2.11. The average molecular weight is 398 g/mol. The molecule has 9 heteroatoms. The van der Waals surface area contributed by atoms with Crippen molar-refractivity contribution < 1.29 is 19.1 Å². The lowest BCUT2D eigenvalue weighted by molar-refractivity contribution is -0.127. The third-order valence-electron chi connectivity index (χ3n) is 3.82. The minimum Gasteiger partial charge on any atom is -0.449 e. The van der Waals surface area contributed by atoms with Crippen molar-refractivity contribution in [2.24, 2.45) is 5.73 Å². The standard InChI is InChI=1S/C19H18N4O4S/c1-12(17(24)21-19(20)26)27-18(25)14-11-23(10-13-6-3-2-4-7-13)22-16(14)15-8-5-9-28-15/h2-9,11-12H,10H2,1H3,(H3,20,21,24,26)/t12-/m0/s1. The van der Waals surface area contributed by atoms with Crippen LogP contribution in [0.25, 0.3) is 10.6 Å². The van der Waals surface area contributed by atoms with Gasteiger partial charge in [0.25, 0.3) is 5.91 Å². The zero-order valence-corrected chi connectivity index (χ0v) is 15.8. The summed E-state index contributed by atoms with van der Waals surface area (Å²) in [6.45, 7) is 1.83. The number of rotatable bonds is 6. The van der Waals surface area contributed by atoms with Crippen molar-refractivity contribution in [3.63, 3.8) is 0 Å². The number of nitrogens with one attached hydrogen (secondary N) is 1. The van der Waals surface area contributed by atoms with E-state index in [-0.39, 0.29) is 5.56 Å². The predicted molar refractivity (Wildman–Crippen MR) is 104 cm³/mol. The van der Waals surface area contributed by atoms with E-state index < -0.39 is 24.0 Å². The highest BCUT2D eigenvalue weighted by molar-refractivity contribution is 7.13. The maximum atomic E-state index is 12.7. The van der Waals surface area contributed by atoms with Crippen molar-refractivity contribution in [2.45, 2.75) is 19.6 Å². The molecule has 0 saturated carbocycles. The highest BCUT2D eigenvalue weighted by atomic mass is 32.1. The zero-order valence-electron chi connectivity index (χ0n) is 15.0. The SMILES string of the molecule is C[C@H](OC(=O)c1cn(Cc2ccccc2)nc1-c1cccs1)C(=O)NC(N)=O. The lowest BCUT2D eigenvalue weighted by atomic mass is 10.2. The van der Waals surface area contributed by atoms with Gasteiger partial charge in [-0.1, -0.05) is 36.4 Å². The second-order valence-corrected chi connectivity index (χ2v) is 6.90. The van der Waals surface area contributed by atoms with Crippen LogP contribution < -0.4 is 11.1 Å². The molecule has 1 atom stereocenters. The van der Waals surface area contributed by atoms with E-state index in [9.17, 15) is 14.4 Å². The van der Waals surface area contributed by atoms with Crippen LogP contribution in [0.1, 0.15) is 22.8 Å². The van der Waals surface area contributed by atoms with Crippen molar-refractivity contribution in [1.82, 2.24) is 15.1 Å². The predicted octanol–water partition coefficient (Wildman–Crippen LogP) is 2.40. The Labute approximate surface area is 164 Å². The van der Waals surface area contributed by atoms with Crippen LogP contribution in [-0.2, 0) is 16.1 Å². The van der Waals surface area contributed by atoms with Crippen LogP contribution in [0.3, 0.4) is 0 Å². The molecule has 0 aliphatic carbocycles. The number of primary amides is 1. The van der Waals surface area contributed by atoms with Crippen LogP contribution in [0.2, 0.25) is 0 Å². The number of carbonyl (C=O) groups is 3. The third kappa shape index (κ3) is 4.63. The molecule has 3 N–H and O–H groups in total. The Morgan fingerprint density at radius 2 is 1.96 bits per heavy atom. The molecule has 3 amide bonds. The monoisotopic (exact) mass is 398 g/mol. The number of hydrogen-bond donors (Lipinski definition) is 2. The number of esters is 1. The Hall–Kier alpha value is -3.46. The topological polar surface area (TPSA) is 116 Å². The number of nitrogens with two attached hydrogens (primary N) is 1. The van der Waals surface area contributed by atoms with Crippen LogP contribution in [0.4, 0.5) is 4.79 Å². The molecule has 2 aromatic heterocycles. The molecule has 0 fully saturated rings. The fourth-order valence-electron chi connectivity index (χ4n) is 2.52. The van der Waals surface area contributed by atoms with Gasteiger partial charge in [0, 0.05) is 6.20 Å². The van der Waals surface area contributed by atoms with Gasteiger partial charge in [-0.2, -0.15) is 5.10 Å². The van der Waals surface area contributed by atoms with Crippen LogP contribution in [0.5, 0.6) is 0 Å². The summed E-state index contributed by atoms with van der Waals surface area (Å²) in [4.78, 5) is 36.0. The van der Waals surface area contributed by atoms with Gasteiger partial charge in [0.1, 0.15) is 11.3 Å². The van der Waals surface area contributed by atoms with Crippen LogP contribution in [-0.4, -0.2) is 33.8 Å². The summed E-state index contributed by atoms with van der Waals surface area (Å²) >= 11 is 1.44. The molecule has 1 aromatic carbocycles. The molecular formula is C19H18N4O4S. The molecule has 0 aliphatic rings. The van der Waals surface area contributed by atoms with E-state index in [0.717, 1.165) is 10.4 Å². The molecule has 0 bridgehead atoms. The maximum absolute atomic E-state index is 12.7. The van der Waals surface area contributed by atoms with Crippen LogP contribution in [0, 0.1) is 0 Å². The molecule has 0 radical (unpaired) electrons. The fourth-order valence-corrected chi connectivity index (χ4v) is 3.24. The van der Waals surface area contributed by atoms with Gasteiger partial charge in [0.15, 0.2) is 6.10 Å². The Morgan fingerprint density at radius 1 is 1.21 bits per heavy atom. The number of aromatic nitrogens is 2. The highest BCUT2D eigenvalue weighted by Gasteiger charge is 2.25. The quantitative estimate of drug-likeness (QED) is 0.619. The van der Waals surface area contributed by atoms with Gasteiger partial charge in [-0.05, 0) is 23.9 Å². The number of urea groups is 1. The minimum absolute atomic E-state index is 0.233. The van der Waals surface area contributed by atoms with Crippen molar-refractivity contribution in [3.8, 4) is 10.6 Å². The zero-order chi connectivity index (χ0) is 20.1. The van der Waals surface area contributed by atoms with Crippen LogP contribution in [0.15, 0.2) is 54.0 Å². The van der Waals surface area contributed by atoms with E-state index in [1.807, 2.05) is 53.2 Å². The molecular weight excluding hydrogens is 380 g/mol. The molecule has 8 nitrogen and oxygen atoms in total. The number of carbonyl (C=O) groups excluding carboxylic acids is 3. The van der Waals surface area contributed by atoms with Gasteiger partial charge in [0.05, 0.1) is 11.4 Å². The maximum Gasteiger partial charge on any atom is 0.342 e. The number of ether oxygens (including phenoxy) is 1. The Balaban J connectivity index is 1.85. The van der Waals surface area contributed by atoms with Gasteiger partial charge in [-0.15, -0.1) is 11.3 Å². The first-order chi connectivity index (χ1) is 13.4. The molecule has 2 heterocycles. The van der Waals surface area contributed by atoms with E-state index in [2.05, 4.69) is 5.10 Å². The molecule has 3 aromatic rings. The van der Waals surface area contributed by atoms with E-state index >= 15 is 0 Å². The Morgan fingerprint density at radius 3 is 2.61 bits per heavy atom. The van der Waals surface area contributed by atoms with Gasteiger partial charge in [-0.25, -0.2) is 9.59 Å². The second-order valence-electron chi connectivity index (χ2n) is 5.95. The summed E-state index contributed by atoms with van der Waals surface area (Å²) in [5.74, 6) is -1.51. The van der Waals surface area contributed by atoms with Crippen molar-refractivity contribution in [2.75, 3.05) is 0 Å². The largest absolute Gasteiger partial charge is 0.449 e. The first-order valence-electron chi connectivity index (χ1n) is 8.40. The summed E-state index contributed by atoms with van der Waals surface area (Å²) in [6, 6.07) is 12.4. The molecule has 0 saturated heterocycles. The van der Waals surface area contributed by atoms with Crippen molar-refractivity contribution in [1.29, 1.82) is 0 Å². The molecule has 144 valence electrons. The number of imide groups is 1. The number of nitrogens with zero attached hydrogens (tertiary/aromatic N) is 2. The minimum atomic E-state index is -1.19. The average Bonchev–Trinajstić information content (AvgIpc) is 3.31. The van der Waals surface area contributed by atoms with Gasteiger partial charge in [-0.3, -0.25) is 14.8 Å². The summed E-state index contributed by atoms with van der Waals surface area (Å²) in [6.07, 6.45) is 0.400. The first-order valence-corrected chi connectivity index (χ1v) is 9.28. The molecule has 0 spiro atoms. The van der Waals surface area contributed by atoms with E-state index in [1.54, 1.807) is 10.9 Å². The first kappa shape index (κ1) is 19.3. The van der Waals surface area contributed by atoms with Crippen molar-refractivity contribution in [3.05, 3.63) is 65.2 Å². The summed E-state index contributed by atoms with van der Waals surface area (Å²) in [7, 11) is 0. The summed E-state index contributed by atoms with van der Waals surface area (Å²) < 4.78 is 6.84. The van der Waals surface area contributed by atoms with E-state index in [4.69, 9.17) is 10.5 Å². The van der Waals surface area contributed by atoms with E-state index in [1.165, 1.54) is 18.3 Å². The second kappa shape index (κ2) is 8.49. The van der Waals surface area contributed by atoms with Gasteiger partial charge < -0.3 is 10.5 Å². The normalized spacial score (nSPS) is 11.6. The Bertz CT molecular complexity index is 983. The van der Waals surface area contributed by atoms with Gasteiger partial charge >= 0.3 is 12.0 Å². The number of benzene rings is 1. The summed E-state index contributed by atoms with van der Waals surface area (Å²) in [5, 5.41) is 8.28. The number of hydrogen-bond acceptors (Lipinski definition) is 6. The highest BCUT2D eigenvalue weighted by Crippen LogP contribution is 2.27. The lowest BCUT2D eigenvalue weighted by Crippen LogP contribution is -2.42. The van der Waals surface area contributed by atoms with Crippen LogP contribution >= 0.6 is 11.3 Å². The molecule has 3 rings (SSSR count). The molecule has 28 heavy (non-hydrogen) atoms. The fraction of sp³-hybridized carbons (Fsp3) is 0.158. The summed E-state index contributed by atoms with van der Waals surface area (Å²) in [5.41, 5.74) is 6.64. The Kier molecular flexibility index (Phi) is 5.85. The van der Waals surface area contributed by atoms with E-state index in [0.29, 0.717) is 12.2 Å². The molecule has 0 aliphatic heterocycles. The third-order valence-corrected chi connectivity index (χ3v) is 4.70. The number of amides is 3. The van der Waals surface area contributed by atoms with Crippen molar-refractivity contribution >= 4 is 29.2 Å². The number of thiophene rings is 1. The smallest absolute Gasteiger partial charge is 0.342 e. The van der Waals surface area contributed by atoms with Gasteiger partial charge in [0.2, 0.25) is 0 Å². The molecule has 0 unspecified atom stereocenters.